The monoisotopic (exact) mass is 272 g/mol. The third kappa shape index (κ3) is 2.54. The van der Waals surface area contributed by atoms with E-state index >= 15 is 0 Å². The summed E-state index contributed by atoms with van der Waals surface area (Å²) in [4.78, 5) is 4.21. The Labute approximate surface area is 118 Å². The largest absolute Gasteiger partial charge is 0.487 e. The normalized spacial score (nSPS) is 21.9. The van der Waals surface area contributed by atoms with Crippen LogP contribution in [-0.2, 0) is 0 Å². The summed E-state index contributed by atoms with van der Waals surface area (Å²) in [6, 6.07) is 8.57. The van der Waals surface area contributed by atoms with Crippen molar-refractivity contribution in [3.05, 3.63) is 42.0 Å². The molecule has 0 saturated carbocycles. The van der Waals surface area contributed by atoms with Crippen molar-refractivity contribution in [2.45, 2.75) is 44.9 Å². The van der Waals surface area contributed by atoms with Crippen molar-refractivity contribution in [1.82, 2.24) is 20.5 Å². The molecule has 0 amide bonds. The fourth-order valence-electron chi connectivity index (χ4n) is 2.76. The number of fused-ring (bicyclic) bond motifs is 1. The number of nitrogens with one attached hydrogen (secondary N) is 2. The highest BCUT2D eigenvalue weighted by molar-refractivity contribution is 5.38. The van der Waals surface area contributed by atoms with E-state index in [0.717, 1.165) is 18.0 Å². The van der Waals surface area contributed by atoms with Gasteiger partial charge >= 0.3 is 0 Å². The van der Waals surface area contributed by atoms with Gasteiger partial charge in [-0.15, -0.1) is 0 Å². The van der Waals surface area contributed by atoms with Gasteiger partial charge in [-0.1, -0.05) is 18.2 Å². The van der Waals surface area contributed by atoms with Crippen molar-refractivity contribution in [3.8, 4) is 5.75 Å². The molecule has 1 aromatic heterocycles. The van der Waals surface area contributed by atoms with E-state index in [1.165, 1.54) is 11.9 Å². The van der Waals surface area contributed by atoms with Crippen LogP contribution < -0.4 is 10.1 Å². The molecule has 3 rings (SSSR count). The first-order chi connectivity index (χ1) is 9.55. The molecule has 0 saturated heterocycles. The maximum Gasteiger partial charge on any atom is 0.141 e. The lowest BCUT2D eigenvalue weighted by molar-refractivity contribution is 0.0638. The third-order valence-corrected chi connectivity index (χ3v) is 3.67. The minimum atomic E-state index is -0.173. The van der Waals surface area contributed by atoms with Gasteiger partial charge in [0.15, 0.2) is 0 Å². The molecule has 2 atom stereocenters. The standard InChI is InChI=1S/C15H20N4O/c1-10(14-16-9-17-19-14)18-12-8-15(2,3)20-13-7-5-4-6-11(12)13/h4-7,9-10,12,18H,8H2,1-3H3,(H,16,17,19). The summed E-state index contributed by atoms with van der Waals surface area (Å²) in [6.45, 7) is 6.33. The summed E-state index contributed by atoms with van der Waals surface area (Å²) >= 11 is 0. The van der Waals surface area contributed by atoms with Crippen molar-refractivity contribution >= 4 is 0 Å². The zero-order valence-electron chi connectivity index (χ0n) is 12.1. The van der Waals surface area contributed by atoms with Gasteiger partial charge in [0.2, 0.25) is 0 Å². The number of nitrogens with zero attached hydrogens (tertiary/aromatic N) is 2. The van der Waals surface area contributed by atoms with Gasteiger partial charge in [-0.2, -0.15) is 5.10 Å². The average Bonchev–Trinajstić information content (AvgIpc) is 2.91. The highest BCUT2D eigenvalue weighted by Gasteiger charge is 2.34. The van der Waals surface area contributed by atoms with E-state index in [4.69, 9.17) is 4.74 Å². The first-order valence-corrected chi connectivity index (χ1v) is 6.94. The topological polar surface area (TPSA) is 62.8 Å². The second kappa shape index (κ2) is 4.90. The lowest BCUT2D eigenvalue weighted by Crippen LogP contribution is -2.40. The van der Waals surface area contributed by atoms with Gasteiger partial charge in [0, 0.05) is 18.0 Å². The van der Waals surface area contributed by atoms with Gasteiger partial charge in [0.25, 0.3) is 0 Å². The zero-order valence-corrected chi connectivity index (χ0v) is 12.1. The van der Waals surface area contributed by atoms with Crippen molar-refractivity contribution in [1.29, 1.82) is 0 Å². The summed E-state index contributed by atoms with van der Waals surface area (Å²) < 4.78 is 6.05. The highest BCUT2D eigenvalue weighted by atomic mass is 16.5. The molecule has 0 bridgehead atoms. The first-order valence-electron chi connectivity index (χ1n) is 6.94. The van der Waals surface area contributed by atoms with E-state index in [0.29, 0.717) is 0 Å². The number of para-hydroxylation sites is 1. The molecule has 0 spiro atoms. The van der Waals surface area contributed by atoms with Gasteiger partial charge in [-0.05, 0) is 26.8 Å². The Morgan fingerprint density at radius 2 is 2.20 bits per heavy atom. The Bertz CT molecular complexity index is 579. The minimum Gasteiger partial charge on any atom is -0.487 e. The minimum absolute atomic E-state index is 0.115. The van der Waals surface area contributed by atoms with Gasteiger partial charge in [-0.3, -0.25) is 5.10 Å². The van der Waals surface area contributed by atoms with Crippen LogP contribution in [0.25, 0.3) is 0 Å². The van der Waals surface area contributed by atoms with E-state index in [9.17, 15) is 0 Å². The molecular formula is C15H20N4O. The lowest BCUT2D eigenvalue weighted by Gasteiger charge is -2.38. The van der Waals surface area contributed by atoms with Crippen molar-refractivity contribution in [3.63, 3.8) is 0 Å². The molecule has 20 heavy (non-hydrogen) atoms. The van der Waals surface area contributed by atoms with Crippen LogP contribution in [0.15, 0.2) is 30.6 Å². The van der Waals surface area contributed by atoms with Crippen LogP contribution in [0.3, 0.4) is 0 Å². The van der Waals surface area contributed by atoms with Gasteiger partial charge in [0.1, 0.15) is 23.5 Å². The molecule has 5 heteroatoms. The summed E-state index contributed by atoms with van der Waals surface area (Å²) in [5.74, 6) is 1.82. The molecule has 0 aliphatic carbocycles. The number of aromatic nitrogens is 3. The molecule has 2 heterocycles. The Hall–Kier alpha value is -1.88. The number of H-pyrrole nitrogens is 1. The van der Waals surface area contributed by atoms with Crippen LogP contribution in [0.4, 0.5) is 0 Å². The van der Waals surface area contributed by atoms with Crippen LogP contribution in [0.5, 0.6) is 5.75 Å². The van der Waals surface area contributed by atoms with Crippen molar-refractivity contribution < 1.29 is 4.74 Å². The first kappa shape index (κ1) is 13.1. The van der Waals surface area contributed by atoms with E-state index in [-0.39, 0.29) is 17.7 Å². The van der Waals surface area contributed by atoms with Crippen LogP contribution in [0.2, 0.25) is 0 Å². The zero-order chi connectivity index (χ0) is 14.2. The molecule has 1 aliphatic heterocycles. The van der Waals surface area contributed by atoms with Gasteiger partial charge in [0.05, 0.1) is 6.04 Å². The van der Waals surface area contributed by atoms with Crippen LogP contribution in [0.1, 0.15) is 50.7 Å². The molecule has 2 unspecified atom stereocenters. The molecular weight excluding hydrogens is 252 g/mol. The predicted molar refractivity (Wildman–Crippen MR) is 76.4 cm³/mol. The molecule has 5 nitrogen and oxygen atoms in total. The second-order valence-electron chi connectivity index (χ2n) is 5.92. The summed E-state index contributed by atoms with van der Waals surface area (Å²) in [5.41, 5.74) is 1.03. The van der Waals surface area contributed by atoms with Crippen LogP contribution in [-0.4, -0.2) is 20.8 Å². The molecule has 106 valence electrons. The molecule has 2 aromatic rings. The smallest absolute Gasteiger partial charge is 0.141 e. The molecule has 2 N–H and O–H groups in total. The molecule has 0 fully saturated rings. The number of hydrogen-bond acceptors (Lipinski definition) is 4. The average molecular weight is 272 g/mol. The predicted octanol–water partition coefficient (Wildman–Crippen LogP) is 2.76. The second-order valence-corrected chi connectivity index (χ2v) is 5.92. The number of aromatic amines is 1. The number of benzene rings is 1. The summed E-state index contributed by atoms with van der Waals surface area (Å²) in [6.07, 6.45) is 2.46. The van der Waals surface area contributed by atoms with Gasteiger partial charge in [-0.25, -0.2) is 4.98 Å². The van der Waals surface area contributed by atoms with Crippen LogP contribution in [0, 0.1) is 0 Å². The van der Waals surface area contributed by atoms with Crippen molar-refractivity contribution in [2.24, 2.45) is 0 Å². The lowest BCUT2D eigenvalue weighted by atomic mass is 9.89. The Morgan fingerprint density at radius 3 is 2.95 bits per heavy atom. The number of hydrogen-bond donors (Lipinski definition) is 2. The number of ether oxygens (including phenoxy) is 1. The quantitative estimate of drug-likeness (QED) is 0.902. The Morgan fingerprint density at radius 1 is 1.40 bits per heavy atom. The molecule has 0 radical (unpaired) electrons. The van der Waals surface area contributed by atoms with Gasteiger partial charge < -0.3 is 10.1 Å². The SMILES string of the molecule is CC(NC1CC(C)(C)Oc2ccccc21)c1ncn[nH]1. The summed E-state index contributed by atoms with van der Waals surface area (Å²) in [7, 11) is 0. The highest BCUT2D eigenvalue weighted by Crippen LogP contribution is 2.40. The number of rotatable bonds is 3. The fourth-order valence-corrected chi connectivity index (χ4v) is 2.76. The van der Waals surface area contributed by atoms with E-state index in [1.807, 2.05) is 18.2 Å². The summed E-state index contributed by atoms with van der Waals surface area (Å²) in [5, 5.41) is 10.4. The van der Waals surface area contributed by atoms with E-state index < -0.39 is 0 Å². The fraction of sp³-hybridized carbons (Fsp3) is 0.467. The van der Waals surface area contributed by atoms with E-state index in [2.05, 4.69) is 47.3 Å². The Balaban J connectivity index is 1.85. The Kier molecular flexibility index (Phi) is 3.22. The maximum atomic E-state index is 6.05. The van der Waals surface area contributed by atoms with Crippen molar-refractivity contribution in [2.75, 3.05) is 0 Å². The maximum absolute atomic E-state index is 6.05. The third-order valence-electron chi connectivity index (χ3n) is 3.67. The van der Waals surface area contributed by atoms with E-state index in [1.54, 1.807) is 0 Å². The molecule has 1 aromatic carbocycles. The van der Waals surface area contributed by atoms with Crippen LogP contribution >= 0.6 is 0 Å². The molecule has 1 aliphatic rings.